The quantitative estimate of drug-likeness (QED) is 0.0261. The third-order valence-electron chi connectivity index (χ3n) is 12.4. The highest BCUT2D eigenvalue weighted by Gasteiger charge is 2.19. The van der Waals surface area contributed by atoms with Gasteiger partial charge in [-0.3, -0.25) is 14.4 Å². The third-order valence-corrected chi connectivity index (χ3v) is 12.4. The Labute approximate surface area is 461 Å². The number of carbonyl (C=O) groups excluding carboxylic acids is 3. The Hall–Kier alpha value is -4.71. The maximum absolute atomic E-state index is 12.7. The fraction of sp³-hybridized carbons (Fsp3) is 0.609. The van der Waals surface area contributed by atoms with Crippen molar-refractivity contribution in [1.82, 2.24) is 0 Å². The molecule has 0 aliphatic rings. The van der Waals surface area contributed by atoms with Gasteiger partial charge in [0.25, 0.3) is 0 Å². The fourth-order valence-corrected chi connectivity index (χ4v) is 7.88. The topological polar surface area (TPSA) is 78.9 Å². The standard InChI is InChI=1S/C69H110O6/c1-4-7-10-13-15-17-19-21-23-25-27-28-29-30-31-32-33-34-35-36-37-38-39-40-42-43-45-47-49-51-53-56-59-62-68(71)74-65-66(64-73-67(70)61-58-55-12-9-6-3)75-69(72)63-60-57-54-52-50-48-46-44-41-26-24-22-20-18-16-14-11-8-5-2/h7-8,10-11,15-18,21-24,27-28,30-31,33-34,41,44,48,50,54,57,66H,4-6,9,12-14,19-20,25-26,29,32,35-40,42-43,45-47,49,51-53,55-56,58-65H2,1-3H3/b10-7-,11-8-,17-15-,18-16-,23-21-,24-22-,28-27-,31-30-,34-33-,44-41-,50-48-,57-54-. The van der Waals surface area contributed by atoms with E-state index in [4.69, 9.17) is 14.2 Å². The summed E-state index contributed by atoms with van der Waals surface area (Å²) >= 11 is 0. The molecule has 6 nitrogen and oxygen atoms in total. The second-order valence-electron chi connectivity index (χ2n) is 19.5. The van der Waals surface area contributed by atoms with Crippen molar-refractivity contribution in [2.24, 2.45) is 0 Å². The Morgan fingerprint density at radius 1 is 0.280 bits per heavy atom. The molecule has 75 heavy (non-hydrogen) atoms. The molecule has 0 saturated carbocycles. The number of hydrogen-bond acceptors (Lipinski definition) is 6. The Morgan fingerprint density at radius 2 is 0.547 bits per heavy atom. The molecule has 0 aromatic carbocycles. The van der Waals surface area contributed by atoms with E-state index in [0.717, 1.165) is 128 Å². The minimum absolute atomic E-state index is 0.112. The number of allylic oxidation sites excluding steroid dienone is 24. The summed E-state index contributed by atoms with van der Waals surface area (Å²) in [6.07, 6.45) is 89.2. The molecule has 0 radical (unpaired) electrons. The van der Waals surface area contributed by atoms with Crippen LogP contribution in [0.1, 0.15) is 252 Å². The number of hydrogen-bond donors (Lipinski definition) is 0. The lowest BCUT2D eigenvalue weighted by Gasteiger charge is -2.18. The van der Waals surface area contributed by atoms with Crippen molar-refractivity contribution in [2.45, 2.75) is 258 Å². The predicted molar refractivity (Wildman–Crippen MR) is 325 cm³/mol. The second kappa shape index (κ2) is 61.8. The van der Waals surface area contributed by atoms with Gasteiger partial charge in [-0.25, -0.2) is 0 Å². The molecule has 0 fully saturated rings. The summed E-state index contributed by atoms with van der Waals surface area (Å²) in [5.74, 6) is -1.02. The van der Waals surface area contributed by atoms with Crippen LogP contribution in [-0.4, -0.2) is 37.2 Å². The summed E-state index contributed by atoms with van der Waals surface area (Å²) in [5.41, 5.74) is 0. The molecular weight excluding hydrogens is 925 g/mol. The van der Waals surface area contributed by atoms with E-state index in [-0.39, 0.29) is 31.6 Å². The van der Waals surface area contributed by atoms with Crippen molar-refractivity contribution < 1.29 is 28.6 Å². The average molecular weight is 1040 g/mol. The van der Waals surface area contributed by atoms with Crippen molar-refractivity contribution in [3.8, 4) is 0 Å². The molecule has 0 rings (SSSR count). The fourth-order valence-electron chi connectivity index (χ4n) is 7.88. The molecule has 0 amide bonds. The molecule has 1 atom stereocenters. The van der Waals surface area contributed by atoms with Gasteiger partial charge >= 0.3 is 17.9 Å². The van der Waals surface area contributed by atoms with Gasteiger partial charge in [0, 0.05) is 19.3 Å². The van der Waals surface area contributed by atoms with Crippen LogP contribution in [-0.2, 0) is 28.6 Å². The number of unbranched alkanes of at least 4 members (excludes halogenated alkanes) is 18. The normalized spacial score (nSPS) is 13.2. The van der Waals surface area contributed by atoms with Crippen LogP contribution in [0.25, 0.3) is 0 Å². The zero-order chi connectivity index (χ0) is 54.3. The first-order valence-electron chi connectivity index (χ1n) is 30.3. The van der Waals surface area contributed by atoms with Crippen LogP contribution in [0.15, 0.2) is 146 Å². The van der Waals surface area contributed by atoms with Crippen molar-refractivity contribution >= 4 is 17.9 Å². The van der Waals surface area contributed by atoms with Gasteiger partial charge in [0.1, 0.15) is 13.2 Å². The molecule has 0 N–H and O–H groups in total. The first-order chi connectivity index (χ1) is 37.0. The van der Waals surface area contributed by atoms with Crippen molar-refractivity contribution in [2.75, 3.05) is 13.2 Å². The van der Waals surface area contributed by atoms with Gasteiger partial charge < -0.3 is 14.2 Å². The summed E-state index contributed by atoms with van der Waals surface area (Å²) in [5, 5.41) is 0. The molecule has 0 saturated heterocycles. The molecule has 6 heteroatoms. The van der Waals surface area contributed by atoms with Crippen molar-refractivity contribution in [3.05, 3.63) is 146 Å². The van der Waals surface area contributed by atoms with Gasteiger partial charge in [0.05, 0.1) is 0 Å². The maximum atomic E-state index is 12.7. The molecule has 0 heterocycles. The van der Waals surface area contributed by atoms with Crippen LogP contribution < -0.4 is 0 Å². The molecule has 0 aliphatic carbocycles. The van der Waals surface area contributed by atoms with Gasteiger partial charge in [-0.05, 0) is 109 Å². The van der Waals surface area contributed by atoms with Gasteiger partial charge in [-0.15, -0.1) is 0 Å². The highest BCUT2D eigenvalue weighted by atomic mass is 16.6. The lowest BCUT2D eigenvalue weighted by atomic mass is 10.0. The summed E-state index contributed by atoms with van der Waals surface area (Å²) in [6, 6.07) is 0. The number of esters is 3. The van der Waals surface area contributed by atoms with Crippen molar-refractivity contribution in [1.29, 1.82) is 0 Å². The van der Waals surface area contributed by atoms with Crippen LogP contribution in [0.4, 0.5) is 0 Å². The average Bonchev–Trinajstić information content (AvgIpc) is 3.41. The van der Waals surface area contributed by atoms with Crippen LogP contribution >= 0.6 is 0 Å². The SMILES string of the molecule is CC/C=C\C/C=C\C/C=C\C/C=C\C/C=C\C/C=C\CCCCCCCCCCCCCCCCC(=O)OCC(COC(=O)CCCCCCC)OC(=O)CC/C=C\C/C=C\C/C=C\C/C=C\C/C=C\C/C=C\CC. The van der Waals surface area contributed by atoms with Gasteiger partial charge in [0.2, 0.25) is 0 Å². The van der Waals surface area contributed by atoms with E-state index < -0.39 is 12.1 Å². The predicted octanol–water partition coefficient (Wildman–Crippen LogP) is 20.8. The van der Waals surface area contributed by atoms with E-state index >= 15 is 0 Å². The Bertz CT molecular complexity index is 1660. The molecular formula is C69H110O6. The zero-order valence-electron chi connectivity index (χ0n) is 48.3. The first kappa shape index (κ1) is 70.3. The van der Waals surface area contributed by atoms with Crippen LogP contribution in [0.2, 0.25) is 0 Å². The lowest BCUT2D eigenvalue weighted by Crippen LogP contribution is -2.30. The highest BCUT2D eigenvalue weighted by Crippen LogP contribution is 2.15. The monoisotopic (exact) mass is 1030 g/mol. The molecule has 422 valence electrons. The third kappa shape index (κ3) is 60.0. The van der Waals surface area contributed by atoms with Gasteiger partial charge in [0.15, 0.2) is 6.10 Å². The van der Waals surface area contributed by atoms with E-state index in [9.17, 15) is 14.4 Å². The summed E-state index contributed by atoms with van der Waals surface area (Å²) in [4.78, 5) is 37.8. The smallest absolute Gasteiger partial charge is 0.306 e. The molecule has 0 bridgehead atoms. The summed E-state index contributed by atoms with van der Waals surface area (Å²) in [6.45, 7) is 6.25. The number of ether oxygens (including phenoxy) is 3. The lowest BCUT2D eigenvalue weighted by molar-refractivity contribution is -0.166. The van der Waals surface area contributed by atoms with E-state index in [1.165, 1.54) is 77.0 Å². The number of carbonyl (C=O) groups is 3. The van der Waals surface area contributed by atoms with E-state index in [0.29, 0.717) is 19.3 Å². The van der Waals surface area contributed by atoms with E-state index in [2.05, 4.69) is 154 Å². The Kier molecular flexibility index (Phi) is 58.0. The van der Waals surface area contributed by atoms with Crippen molar-refractivity contribution in [3.63, 3.8) is 0 Å². The number of rotatable bonds is 53. The van der Waals surface area contributed by atoms with E-state index in [1.807, 2.05) is 12.2 Å². The molecule has 0 aliphatic heterocycles. The minimum atomic E-state index is -0.819. The van der Waals surface area contributed by atoms with Crippen LogP contribution in [0.3, 0.4) is 0 Å². The zero-order valence-corrected chi connectivity index (χ0v) is 48.3. The largest absolute Gasteiger partial charge is 0.462 e. The molecule has 0 spiro atoms. The summed E-state index contributed by atoms with van der Waals surface area (Å²) in [7, 11) is 0. The van der Waals surface area contributed by atoms with Gasteiger partial charge in [-0.2, -0.15) is 0 Å². The van der Waals surface area contributed by atoms with Crippen LogP contribution in [0, 0.1) is 0 Å². The highest BCUT2D eigenvalue weighted by molar-refractivity contribution is 5.71. The molecule has 1 unspecified atom stereocenters. The van der Waals surface area contributed by atoms with Gasteiger partial charge in [-0.1, -0.05) is 269 Å². The van der Waals surface area contributed by atoms with Crippen LogP contribution in [0.5, 0.6) is 0 Å². The maximum Gasteiger partial charge on any atom is 0.306 e. The second-order valence-corrected chi connectivity index (χ2v) is 19.5. The Morgan fingerprint density at radius 3 is 0.867 bits per heavy atom. The molecule has 0 aromatic rings. The summed E-state index contributed by atoms with van der Waals surface area (Å²) < 4.78 is 16.6. The van der Waals surface area contributed by atoms with E-state index in [1.54, 1.807) is 0 Å². The Balaban J connectivity index is 4.10. The first-order valence-corrected chi connectivity index (χ1v) is 30.3. The molecule has 0 aromatic heterocycles. The minimum Gasteiger partial charge on any atom is -0.462 e.